The molecule has 19 heavy (non-hydrogen) atoms. The van der Waals surface area contributed by atoms with Gasteiger partial charge in [-0.25, -0.2) is 0 Å². The van der Waals surface area contributed by atoms with Gasteiger partial charge in [-0.2, -0.15) is 0 Å². The zero-order chi connectivity index (χ0) is 13.3. The number of aliphatic hydroxyl groups excluding tert-OH is 1. The lowest BCUT2D eigenvalue weighted by molar-refractivity contribution is 0.0187. The van der Waals surface area contributed by atoms with Crippen LogP contribution in [-0.2, 0) is 4.74 Å². The van der Waals surface area contributed by atoms with Gasteiger partial charge in [0.25, 0.3) is 0 Å². The SMILES string of the molecule is NCC1(C(O)c2ccc3c(c2)OCCO3)CCOC1. The second kappa shape index (κ2) is 5.00. The highest BCUT2D eigenvalue weighted by atomic mass is 16.6. The summed E-state index contributed by atoms with van der Waals surface area (Å²) in [4.78, 5) is 0. The molecule has 0 amide bonds. The van der Waals surface area contributed by atoms with Crippen molar-refractivity contribution in [1.29, 1.82) is 0 Å². The van der Waals surface area contributed by atoms with Crippen molar-refractivity contribution in [3.63, 3.8) is 0 Å². The Bertz CT molecular complexity index is 457. The van der Waals surface area contributed by atoms with Crippen molar-refractivity contribution in [3.8, 4) is 11.5 Å². The summed E-state index contributed by atoms with van der Waals surface area (Å²) in [6, 6.07) is 5.55. The van der Waals surface area contributed by atoms with E-state index in [1.165, 1.54) is 0 Å². The van der Waals surface area contributed by atoms with Crippen LogP contribution in [0.15, 0.2) is 18.2 Å². The topological polar surface area (TPSA) is 73.9 Å². The summed E-state index contributed by atoms with van der Waals surface area (Å²) in [7, 11) is 0. The van der Waals surface area contributed by atoms with E-state index in [0.717, 1.165) is 17.7 Å². The minimum Gasteiger partial charge on any atom is -0.486 e. The van der Waals surface area contributed by atoms with E-state index in [9.17, 15) is 5.11 Å². The smallest absolute Gasteiger partial charge is 0.161 e. The van der Waals surface area contributed by atoms with Crippen LogP contribution < -0.4 is 15.2 Å². The zero-order valence-electron chi connectivity index (χ0n) is 10.8. The number of rotatable bonds is 3. The normalized spacial score (nSPS) is 27.3. The van der Waals surface area contributed by atoms with E-state index >= 15 is 0 Å². The minimum absolute atomic E-state index is 0.385. The summed E-state index contributed by atoms with van der Waals surface area (Å²) in [6.45, 7) is 2.66. The van der Waals surface area contributed by atoms with E-state index in [0.29, 0.717) is 38.7 Å². The van der Waals surface area contributed by atoms with Crippen LogP contribution in [0.5, 0.6) is 11.5 Å². The van der Waals surface area contributed by atoms with Gasteiger partial charge in [-0.1, -0.05) is 6.07 Å². The van der Waals surface area contributed by atoms with Crippen molar-refractivity contribution in [3.05, 3.63) is 23.8 Å². The first-order valence-electron chi connectivity index (χ1n) is 6.61. The minimum atomic E-state index is -0.643. The van der Waals surface area contributed by atoms with Crippen molar-refractivity contribution in [2.24, 2.45) is 11.1 Å². The molecule has 2 aliphatic rings. The summed E-state index contributed by atoms with van der Waals surface area (Å²) in [5.41, 5.74) is 6.27. The maximum Gasteiger partial charge on any atom is 0.161 e. The van der Waals surface area contributed by atoms with Crippen molar-refractivity contribution < 1.29 is 19.3 Å². The molecule has 3 N–H and O–H groups in total. The molecule has 1 fully saturated rings. The van der Waals surface area contributed by atoms with Crippen LogP contribution >= 0.6 is 0 Å². The Labute approximate surface area is 112 Å². The zero-order valence-corrected chi connectivity index (χ0v) is 10.8. The summed E-state index contributed by atoms with van der Waals surface area (Å²) in [5.74, 6) is 1.42. The fourth-order valence-electron chi connectivity index (χ4n) is 2.69. The first kappa shape index (κ1) is 12.7. The molecule has 104 valence electrons. The number of aliphatic hydroxyl groups is 1. The molecule has 2 atom stereocenters. The van der Waals surface area contributed by atoms with Gasteiger partial charge in [-0.3, -0.25) is 0 Å². The van der Waals surface area contributed by atoms with E-state index in [1.807, 2.05) is 18.2 Å². The van der Waals surface area contributed by atoms with Crippen molar-refractivity contribution in [2.45, 2.75) is 12.5 Å². The molecule has 1 saturated heterocycles. The van der Waals surface area contributed by atoms with E-state index in [-0.39, 0.29) is 5.41 Å². The lowest BCUT2D eigenvalue weighted by Gasteiger charge is -2.32. The monoisotopic (exact) mass is 265 g/mol. The van der Waals surface area contributed by atoms with Crippen LogP contribution in [0.4, 0.5) is 0 Å². The maximum atomic E-state index is 10.6. The molecule has 0 saturated carbocycles. The molecule has 0 spiro atoms. The van der Waals surface area contributed by atoms with Gasteiger partial charge in [0.2, 0.25) is 0 Å². The molecule has 0 aliphatic carbocycles. The highest BCUT2D eigenvalue weighted by Gasteiger charge is 2.41. The van der Waals surface area contributed by atoms with Gasteiger partial charge in [0.15, 0.2) is 11.5 Å². The fraction of sp³-hybridized carbons (Fsp3) is 0.571. The van der Waals surface area contributed by atoms with Crippen molar-refractivity contribution in [1.82, 2.24) is 0 Å². The molecule has 0 bridgehead atoms. The van der Waals surface area contributed by atoms with Gasteiger partial charge >= 0.3 is 0 Å². The molecule has 3 rings (SSSR count). The van der Waals surface area contributed by atoms with Crippen LogP contribution in [0, 0.1) is 5.41 Å². The maximum absolute atomic E-state index is 10.6. The number of hydrogen-bond acceptors (Lipinski definition) is 5. The highest BCUT2D eigenvalue weighted by molar-refractivity contribution is 5.44. The molecule has 5 heteroatoms. The Morgan fingerprint density at radius 2 is 2.00 bits per heavy atom. The fourth-order valence-corrected chi connectivity index (χ4v) is 2.69. The van der Waals surface area contributed by atoms with Gasteiger partial charge in [0, 0.05) is 18.6 Å². The largest absolute Gasteiger partial charge is 0.486 e. The number of ether oxygens (including phenoxy) is 3. The van der Waals surface area contributed by atoms with Gasteiger partial charge < -0.3 is 25.1 Å². The molecule has 2 heterocycles. The van der Waals surface area contributed by atoms with Crippen LogP contribution in [-0.4, -0.2) is 38.1 Å². The third kappa shape index (κ3) is 2.18. The quantitative estimate of drug-likeness (QED) is 0.848. The summed E-state index contributed by atoms with van der Waals surface area (Å²) < 4.78 is 16.4. The lowest BCUT2D eigenvalue weighted by Crippen LogP contribution is -2.37. The van der Waals surface area contributed by atoms with Gasteiger partial charge in [0.05, 0.1) is 12.7 Å². The average Bonchev–Trinajstić information content (AvgIpc) is 2.96. The molecule has 2 aliphatic heterocycles. The second-order valence-corrected chi connectivity index (χ2v) is 5.17. The Balaban J connectivity index is 1.88. The van der Waals surface area contributed by atoms with E-state index in [2.05, 4.69) is 0 Å². The average molecular weight is 265 g/mol. The Morgan fingerprint density at radius 3 is 2.68 bits per heavy atom. The van der Waals surface area contributed by atoms with E-state index < -0.39 is 6.10 Å². The molecule has 0 aromatic heterocycles. The van der Waals surface area contributed by atoms with Gasteiger partial charge in [-0.05, 0) is 24.1 Å². The van der Waals surface area contributed by atoms with Crippen LogP contribution in [0.1, 0.15) is 18.1 Å². The van der Waals surface area contributed by atoms with Crippen LogP contribution in [0.25, 0.3) is 0 Å². The van der Waals surface area contributed by atoms with Crippen LogP contribution in [0.3, 0.4) is 0 Å². The summed E-state index contributed by atoms with van der Waals surface area (Å²) in [5, 5.41) is 10.6. The predicted molar refractivity (Wildman–Crippen MR) is 69.3 cm³/mol. The molecule has 1 aromatic carbocycles. The number of nitrogens with two attached hydrogens (primary N) is 1. The Kier molecular flexibility index (Phi) is 3.35. The van der Waals surface area contributed by atoms with Gasteiger partial charge in [-0.15, -0.1) is 0 Å². The third-order valence-corrected chi connectivity index (χ3v) is 4.00. The molecule has 1 aromatic rings. The van der Waals surface area contributed by atoms with Crippen molar-refractivity contribution >= 4 is 0 Å². The Morgan fingerprint density at radius 1 is 1.21 bits per heavy atom. The molecule has 2 unspecified atom stereocenters. The lowest BCUT2D eigenvalue weighted by atomic mass is 9.78. The third-order valence-electron chi connectivity index (χ3n) is 4.00. The standard InChI is InChI=1S/C14H19NO4/c15-8-14(3-4-17-9-14)13(16)10-1-2-11-12(7-10)19-6-5-18-11/h1-2,7,13,16H,3-6,8-9,15H2. The molecule has 0 radical (unpaired) electrons. The predicted octanol–water partition coefficient (Wildman–Crippen LogP) is 0.857. The number of hydrogen-bond donors (Lipinski definition) is 2. The van der Waals surface area contributed by atoms with Gasteiger partial charge in [0.1, 0.15) is 13.2 Å². The molecule has 5 nitrogen and oxygen atoms in total. The van der Waals surface area contributed by atoms with Crippen molar-refractivity contribution in [2.75, 3.05) is 33.0 Å². The Hall–Kier alpha value is -1.30. The number of benzene rings is 1. The van der Waals surface area contributed by atoms with E-state index in [1.54, 1.807) is 0 Å². The van der Waals surface area contributed by atoms with Crippen LogP contribution in [0.2, 0.25) is 0 Å². The molecular weight excluding hydrogens is 246 g/mol. The second-order valence-electron chi connectivity index (χ2n) is 5.17. The first-order valence-corrected chi connectivity index (χ1v) is 6.61. The first-order chi connectivity index (χ1) is 9.25. The van der Waals surface area contributed by atoms with E-state index in [4.69, 9.17) is 19.9 Å². The summed E-state index contributed by atoms with van der Waals surface area (Å²) >= 11 is 0. The molecular formula is C14H19NO4. The highest BCUT2D eigenvalue weighted by Crippen LogP contribution is 2.42. The summed E-state index contributed by atoms with van der Waals surface area (Å²) in [6.07, 6.45) is 0.134. The number of fused-ring (bicyclic) bond motifs is 1.